The number of carbonyl (C=O) groups excluding carboxylic acids is 1. The number of nitrogens with zero attached hydrogens (tertiary/aromatic N) is 1. The molecule has 2 aliphatic rings. The fourth-order valence-corrected chi connectivity index (χ4v) is 5.53. The summed E-state index contributed by atoms with van der Waals surface area (Å²) in [6.07, 6.45) is 1.80. The van der Waals surface area contributed by atoms with Crippen molar-refractivity contribution in [1.29, 1.82) is 0 Å². The number of hydrogen-bond acceptors (Lipinski definition) is 7. The fourth-order valence-electron chi connectivity index (χ4n) is 4.30. The summed E-state index contributed by atoms with van der Waals surface area (Å²) in [5.74, 6) is 1.49. The van der Waals surface area contributed by atoms with Crippen LogP contribution >= 0.6 is 0 Å². The van der Waals surface area contributed by atoms with Crippen LogP contribution in [0.2, 0.25) is 0 Å². The third-order valence-electron chi connectivity index (χ3n) is 6.45. The van der Waals surface area contributed by atoms with Crippen molar-refractivity contribution in [3.05, 3.63) is 71.9 Å². The zero-order chi connectivity index (χ0) is 24.6. The van der Waals surface area contributed by atoms with E-state index in [4.69, 9.17) is 14.6 Å². The first-order valence-electron chi connectivity index (χ1n) is 11.4. The minimum absolute atomic E-state index is 0.104. The number of aromatic nitrogens is 1. The molecule has 2 aromatic carbocycles. The number of aliphatic hydroxyl groups is 1. The number of ether oxygens (including phenoxy) is 2. The summed E-state index contributed by atoms with van der Waals surface area (Å²) in [5, 5.41) is 9.11. The first kappa shape index (κ1) is 23.5. The zero-order valence-corrected chi connectivity index (χ0v) is 20.0. The van der Waals surface area contributed by atoms with E-state index in [0.29, 0.717) is 22.9 Å². The third-order valence-corrected chi connectivity index (χ3v) is 8.05. The molecule has 1 fully saturated rings. The molecule has 0 spiro atoms. The van der Waals surface area contributed by atoms with Crippen molar-refractivity contribution in [2.24, 2.45) is 0 Å². The second-order valence-electron chi connectivity index (χ2n) is 8.99. The van der Waals surface area contributed by atoms with Crippen LogP contribution in [0, 0.1) is 0 Å². The monoisotopic (exact) mass is 494 g/mol. The van der Waals surface area contributed by atoms with Crippen LogP contribution in [0.25, 0.3) is 11.3 Å². The van der Waals surface area contributed by atoms with Crippen molar-refractivity contribution in [3.8, 4) is 22.8 Å². The summed E-state index contributed by atoms with van der Waals surface area (Å²) >= 11 is 0. The van der Waals surface area contributed by atoms with Gasteiger partial charge in [0.2, 0.25) is 16.8 Å². The molecule has 182 valence electrons. The van der Waals surface area contributed by atoms with Crippen LogP contribution in [0.1, 0.15) is 31.0 Å². The summed E-state index contributed by atoms with van der Waals surface area (Å²) in [6.45, 7) is 1.49. The van der Waals surface area contributed by atoms with Crippen LogP contribution < -0.4 is 14.2 Å². The van der Waals surface area contributed by atoms with Crippen LogP contribution in [0.5, 0.6) is 11.5 Å². The highest BCUT2D eigenvalue weighted by atomic mass is 32.2. The maximum atomic E-state index is 13.3. The number of ketones is 1. The van der Waals surface area contributed by atoms with Crippen LogP contribution in [0.4, 0.5) is 0 Å². The molecule has 3 aromatic rings. The minimum atomic E-state index is -3.73. The van der Waals surface area contributed by atoms with Crippen molar-refractivity contribution in [3.63, 3.8) is 0 Å². The Hall–Kier alpha value is -3.27. The Balaban J connectivity index is 1.32. The molecule has 0 saturated heterocycles. The maximum absolute atomic E-state index is 13.3. The number of Topliss-reactive ketones (excluding diaryl/α,β-unsaturated/α-hetero) is 1. The normalized spacial score (nSPS) is 16.6. The van der Waals surface area contributed by atoms with Gasteiger partial charge in [0.15, 0.2) is 11.5 Å². The molecule has 35 heavy (non-hydrogen) atoms. The first-order valence-corrected chi connectivity index (χ1v) is 12.9. The summed E-state index contributed by atoms with van der Waals surface area (Å²) < 4.78 is 38.1. The van der Waals surface area contributed by atoms with Crippen molar-refractivity contribution in [1.82, 2.24) is 9.71 Å². The van der Waals surface area contributed by atoms with Gasteiger partial charge in [-0.05, 0) is 61.7 Å². The molecule has 0 bridgehead atoms. The van der Waals surface area contributed by atoms with Crippen molar-refractivity contribution < 1.29 is 27.8 Å². The standard InChI is InChI=1S/C26H26N2O6S/c1-17(15-29)28-35(31,32)21-8-5-18(6-9-21)22-4-2-3-20(27-22)14-25(30)26(11-12-26)19-7-10-23-24(13-19)34-16-33-23/h2-10,13,17,28-29H,11-12,14-16H2,1H3/t17-/m1/s1. The van der Waals surface area contributed by atoms with Crippen LogP contribution in [-0.4, -0.2) is 43.7 Å². The first-order chi connectivity index (χ1) is 16.8. The maximum Gasteiger partial charge on any atom is 0.240 e. The lowest BCUT2D eigenvalue weighted by molar-refractivity contribution is -0.120. The van der Waals surface area contributed by atoms with Gasteiger partial charge in [-0.1, -0.05) is 24.3 Å². The van der Waals surface area contributed by atoms with Gasteiger partial charge in [0, 0.05) is 23.7 Å². The van der Waals surface area contributed by atoms with E-state index in [0.717, 1.165) is 24.0 Å². The van der Waals surface area contributed by atoms with Crippen molar-refractivity contribution in [2.45, 2.75) is 42.5 Å². The number of nitrogens with one attached hydrogen (secondary N) is 1. The number of rotatable bonds is 9. The molecule has 5 rings (SSSR count). The Morgan fingerprint density at radius 3 is 2.54 bits per heavy atom. The highest BCUT2D eigenvalue weighted by Gasteiger charge is 2.51. The van der Waals surface area contributed by atoms with Crippen LogP contribution in [0.15, 0.2) is 65.6 Å². The summed E-state index contributed by atoms with van der Waals surface area (Å²) in [4.78, 5) is 18.1. The van der Waals surface area contributed by atoms with Crippen molar-refractivity contribution in [2.75, 3.05) is 13.4 Å². The molecule has 9 heteroatoms. The average Bonchev–Trinajstić information content (AvgIpc) is 3.55. The second-order valence-corrected chi connectivity index (χ2v) is 10.7. The topological polar surface area (TPSA) is 115 Å². The fraction of sp³-hybridized carbons (Fsp3) is 0.308. The summed E-state index contributed by atoms with van der Waals surface area (Å²) in [5.41, 5.74) is 2.50. The van der Waals surface area contributed by atoms with Gasteiger partial charge in [-0.3, -0.25) is 9.78 Å². The molecule has 0 radical (unpaired) electrons. The van der Waals surface area contributed by atoms with Crippen molar-refractivity contribution >= 4 is 15.8 Å². The van der Waals surface area contributed by atoms with Crippen LogP contribution in [-0.2, 0) is 26.7 Å². The average molecular weight is 495 g/mol. The SMILES string of the molecule is C[C@H](CO)NS(=O)(=O)c1ccc(-c2cccc(CC(=O)C3(c4ccc5c(c4)OCO5)CC3)n2)cc1. The van der Waals surface area contributed by atoms with Gasteiger partial charge < -0.3 is 14.6 Å². The largest absolute Gasteiger partial charge is 0.454 e. The lowest BCUT2D eigenvalue weighted by Crippen LogP contribution is -2.34. The molecular weight excluding hydrogens is 468 g/mol. The van der Waals surface area contributed by atoms with E-state index in [1.54, 1.807) is 19.1 Å². The van der Waals surface area contributed by atoms with E-state index in [-0.39, 0.29) is 30.5 Å². The Morgan fingerprint density at radius 1 is 1.09 bits per heavy atom. The number of hydrogen-bond donors (Lipinski definition) is 2. The molecule has 8 nitrogen and oxygen atoms in total. The highest BCUT2D eigenvalue weighted by molar-refractivity contribution is 7.89. The highest BCUT2D eigenvalue weighted by Crippen LogP contribution is 2.51. The van der Waals surface area contributed by atoms with E-state index in [9.17, 15) is 13.2 Å². The number of fused-ring (bicyclic) bond motifs is 1. The lowest BCUT2D eigenvalue weighted by atomic mass is 9.88. The number of carbonyl (C=O) groups is 1. The number of benzene rings is 2. The molecule has 1 aromatic heterocycles. The lowest BCUT2D eigenvalue weighted by Gasteiger charge is -2.15. The molecule has 0 unspecified atom stereocenters. The van der Waals surface area contributed by atoms with Gasteiger partial charge >= 0.3 is 0 Å². The molecule has 1 saturated carbocycles. The molecule has 1 aliphatic heterocycles. The van der Waals surface area contributed by atoms with Gasteiger partial charge in [0.1, 0.15) is 5.78 Å². The Morgan fingerprint density at radius 2 is 1.83 bits per heavy atom. The molecule has 2 heterocycles. The Kier molecular flexibility index (Phi) is 6.08. The minimum Gasteiger partial charge on any atom is -0.454 e. The van der Waals surface area contributed by atoms with Gasteiger partial charge in [-0.2, -0.15) is 0 Å². The van der Waals surface area contributed by atoms with Gasteiger partial charge in [0.25, 0.3) is 0 Å². The molecular formula is C26H26N2O6S. The molecule has 0 amide bonds. The smallest absolute Gasteiger partial charge is 0.240 e. The number of sulfonamides is 1. The second kappa shape index (κ2) is 9.07. The predicted molar refractivity (Wildman–Crippen MR) is 129 cm³/mol. The molecule has 1 aliphatic carbocycles. The van der Waals surface area contributed by atoms with E-state index in [1.165, 1.54) is 12.1 Å². The quantitative estimate of drug-likeness (QED) is 0.470. The predicted octanol–water partition coefficient (Wildman–Crippen LogP) is 2.98. The van der Waals surface area contributed by atoms with Gasteiger partial charge in [-0.15, -0.1) is 0 Å². The van der Waals surface area contributed by atoms with E-state index in [2.05, 4.69) is 9.71 Å². The summed E-state index contributed by atoms with van der Waals surface area (Å²) in [7, 11) is -3.73. The molecule has 2 N–H and O–H groups in total. The van der Waals surface area contributed by atoms with Gasteiger partial charge in [-0.25, -0.2) is 13.1 Å². The summed E-state index contributed by atoms with van der Waals surface area (Å²) in [6, 6.07) is 17.0. The number of aliphatic hydroxyl groups excluding tert-OH is 1. The van der Waals surface area contributed by atoms with E-state index in [1.807, 2.05) is 36.4 Å². The van der Waals surface area contributed by atoms with Crippen LogP contribution in [0.3, 0.4) is 0 Å². The number of pyridine rings is 1. The Bertz CT molecular complexity index is 1370. The van der Waals surface area contributed by atoms with E-state index < -0.39 is 21.5 Å². The van der Waals surface area contributed by atoms with E-state index >= 15 is 0 Å². The zero-order valence-electron chi connectivity index (χ0n) is 19.2. The third kappa shape index (κ3) is 4.67. The van der Waals surface area contributed by atoms with Gasteiger partial charge in [0.05, 0.1) is 22.6 Å². The molecule has 1 atom stereocenters. The Labute approximate surface area is 204 Å².